The zero-order valence-corrected chi connectivity index (χ0v) is 10.7. The maximum absolute atomic E-state index is 4.19. The first-order valence-corrected chi connectivity index (χ1v) is 6.40. The average molecular weight is 234 g/mol. The Labute approximate surface area is 103 Å². The van der Waals surface area contributed by atoms with Crippen LogP contribution in [-0.4, -0.2) is 42.6 Å². The van der Waals surface area contributed by atoms with Gasteiger partial charge in [0.05, 0.1) is 23.8 Å². The van der Waals surface area contributed by atoms with E-state index in [4.69, 9.17) is 0 Å². The van der Waals surface area contributed by atoms with E-state index in [0.29, 0.717) is 6.04 Å². The molecule has 2 N–H and O–H groups in total. The third kappa shape index (κ3) is 3.33. The fraction of sp³-hybridized carbons (Fsp3) is 0.615. The first-order chi connectivity index (χ1) is 8.29. The standard InChI is InChI=1S/C13H22N4/c1-11(17-5-3-4-6-17)8-16-13-7-12(14-2)9-15-10-13/h7,9-11,14,16H,3-6,8H2,1-2H3. The van der Waals surface area contributed by atoms with Crippen LogP contribution in [-0.2, 0) is 0 Å². The van der Waals surface area contributed by atoms with Gasteiger partial charge in [-0.25, -0.2) is 0 Å². The summed E-state index contributed by atoms with van der Waals surface area (Å²) in [5.41, 5.74) is 2.13. The Morgan fingerprint density at radius 3 is 2.71 bits per heavy atom. The van der Waals surface area contributed by atoms with Gasteiger partial charge in [-0.3, -0.25) is 9.88 Å². The molecule has 0 saturated carbocycles. The van der Waals surface area contributed by atoms with Crippen LogP contribution in [0.15, 0.2) is 18.5 Å². The second-order valence-corrected chi connectivity index (χ2v) is 4.69. The molecule has 1 saturated heterocycles. The van der Waals surface area contributed by atoms with Gasteiger partial charge in [-0.1, -0.05) is 0 Å². The summed E-state index contributed by atoms with van der Waals surface area (Å²) in [6.45, 7) is 5.76. The molecule has 0 spiro atoms. The second kappa shape index (κ2) is 5.87. The number of hydrogen-bond donors (Lipinski definition) is 2. The maximum Gasteiger partial charge on any atom is 0.0548 e. The molecule has 0 aliphatic carbocycles. The number of nitrogens with zero attached hydrogens (tertiary/aromatic N) is 2. The number of hydrogen-bond acceptors (Lipinski definition) is 4. The second-order valence-electron chi connectivity index (χ2n) is 4.69. The quantitative estimate of drug-likeness (QED) is 0.817. The van der Waals surface area contributed by atoms with E-state index in [9.17, 15) is 0 Å². The Balaban J connectivity index is 1.83. The molecule has 1 atom stereocenters. The molecule has 0 radical (unpaired) electrons. The van der Waals surface area contributed by atoms with Gasteiger partial charge in [0.25, 0.3) is 0 Å². The summed E-state index contributed by atoms with van der Waals surface area (Å²) in [5, 5.41) is 6.55. The number of aromatic nitrogens is 1. The minimum absolute atomic E-state index is 0.593. The van der Waals surface area contributed by atoms with Crippen LogP contribution in [0.3, 0.4) is 0 Å². The highest BCUT2D eigenvalue weighted by molar-refractivity contribution is 5.53. The maximum atomic E-state index is 4.19. The van der Waals surface area contributed by atoms with Gasteiger partial charge in [0.1, 0.15) is 0 Å². The summed E-state index contributed by atoms with van der Waals surface area (Å²) in [6, 6.07) is 2.68. The molecule has 1 aliphatic rings. The number of likely N-dealkylation sites (tertiary alicyclic amines) is 1. The monoisotopic (exact) mass is 234 g/mol. The SMILES string of the molecule is CNc1cncc(NCC(C)N2CCCC2)c1. The van der Waals surface area contributed by atoms with Crippen LogP contribution in [0.5, 0.6) is 0 Å². The molecule has 94 valence electrons. The third-order valence-corrected chi connectivity index (χ3v) is 3.39. The van der Waals surface area contributed by atoms with Gasteiger partial charge in [-0.05, 0) is 38.9 Å². The molecule has 1 aromatic heterocycles. The first kappa shape index (κ1) is 12.2. The molecule has 1 aromatic rings. The zero-order valence-electron chi connectivity index (χ0n) is 10.7. The minimum Gasteiger partial charge on any atom is -0.387 e. The highest BCUT2D eigenvalue weighted by atomic mass is 15.2. The molecule has 1 aliphatic heterocycles. The van der Waals surface area contributed by atoms with Gasteiger partial charge in [0, 0.05) is 19.6 Å². The van der Waals surface area contributed by atoms with Gasteiger partial charge in [-0.2, -0.15) is 0 Å². The number of anilines is 2. The van der Waals surface area contributed by atoms with Crippen LogP contribution >= 0.6 is 0 Å². The molecule has 0 bridgehead atoms. The lowest BCUT2D eigenvalue weighted by Gasteiger charge is -2.24. The van der Waals surface area contributed by atoms with Crippen molar-refractivity contribution >= 4 is 11.4 Å². The molecule has 0 amide bonds. The van der Waals surface area contributed by atoms with Crippen molar-refractivity contribution in [1.82, 2.24) is 9.88 Å². The minimum atomic E-state index is 0.593. The molecular formula is C13H22N4. The van der Waals surface area contributed by atoms with E-state index >= 15 is 0 Å². The van der Waals surface area contributed by atoms with Crippen molar-refractivity contribution in [2.24, 2.45) is 0 Å². The average Bonchev–Trinajstić information content (AvgIpc) is 2.90. The van der Waals surface area contributed by atoms with E-state index in [1.807, 2.05) is 19.4 Å². The van der Waals surface area contributed by atoms with E-state index in [-0.39, 0.29) is 0 Å². The molecule has 1 fully saturated rings. The summed E-state index contributed by atoms with van der Waals surface area (Å²) in [4.78, 5) is 6.74. The summed E-state index contributed by atoms with van der Waals surface area (Å²) < 4.78 is 0. The van der Waals surface area contributed by atoms with Crippen LogP contribution in [0, 0.1) is 0 Å². The van der Waals surface area contributed by atoms with Crippen molar-refractivity contribution in [1.29, 1.82) is 0 Å². The predicted molar refractivity (Wildman–Crippen MR) is 72.5 cm³/mol. The van der Waals surface area contributed by atoms with Crippen LogP contribution in [0.1, 0.15) is 19.8 Å². The highest BCUT2D eigenvalue weighted by Gasteiger charge is 2.17. The fourth-order valence-corrected chi connectivity index (χ4v) is 2.25. The van der Waals surface area contributed by atoms with Gasteiger partial charge in [-0.15, -0.1) is 0 Å². The van der Waals surface area contributed by atoms with Crippen LogP contribution < -0.4 is 10.6 Å². The van der Waals surface area contributed by atoms with Gasteiger partial charge < -0.3 is 10.6 Å². The molecule has 2 rings (SSSR count). The molecule has 2 heterocycles. The largest absolute Gasteiger partial charge is 0.387 e. The van der Waals surface area contributed by atoms with Crippen molar-refractivity contribution in [3.63, 3.8) is 0 Å². The van der Waals surface area contributed by atoms with Crippen molar-refractivity contribution in [3.8, 4) is 0 Å². The van der Waals surface area contributed by atoms with E-state index in [2.05, 4.69) is 33.5 Å². The lowest BCUT2D eigenvalue weighted by molar-refractivity contribution is 0.269. The number of nitrogens with one attached hydrogen (secondary N) is 2. The third-order valence-electron chi connectivity index (χ3n) is 3.39. The van der Waals surface area contributed by atoms with E-state index in [1.54, 1.807) is 0 Å². The summed E-state index contributed by atoms with van der Waals surface area (Å²) >= 11 is 0. The van der Waals surface area contributed by atoms with Crippen molar-refractivity contribution in [3.05, 3.63) is 18.5 Å². The summed E-state index contributed by atoms with van der Waals surface area (Å²) in [5.74, 6) is 0. The normalized spacial score (nSPS) is 18.0. The Kier molecular flexibility index (Phi) is 4.20. The van der Waals surface area contributed by atoms with Crippen molar-refractivity contribution < 1.29 is 0 Å². The van der Waals surface area contributed by atoms with Crippen LogP contribution in [0.25, 0.3) is 0 Å². The topological polar surface area (TPSA) is 40.2 Å². The van der Waals surface area contributed by atoms with Crippen LogP contribution in [0.2, 0.25) is 0 Å². The van der Waals surface area contributed by atoms with E-state index in [1.165, 1.54) is 25.9 Å². The van der Waals surface area contributed by atoms with Crippen molar-refractivity contribution in [2.45, 2.75) is 25.8 Å². The fourth-order valence-electron chi connectivity index (χ4n) is 2.25. The smallest absolute Gasteiger partial charge is 0.0548 e. The number of pyridine rings is 1. The predicted octanol–water partition coefficient (Wildman–Crippen LogP) is 2.02. The highest BCUT2D eigenvalue weighted by Crippen LogP contribution is 2.14. The zero-order chi connectivity index (χ0) is 12.1. The van der Waals surface area contributed by atoms with Crippen LogP contribution in [0.4, 0.5) is 11.4 Å². The van der Waals surface area contributed by atoms with E-state index in [0.717, 1.165) is 17.9 Å². The van der Waals surface area contributed by atoms with Gasteiger partial charge >= 0.3 is 0 Å². The summed E-state index contributed by atoms with van der Waals surface area (Å²) in [7, 11) is 1.91. The van der Waals surface area contributed by atoms with E-state index < -0.39 is 0 Å². The molecule has 4 nitrogen and oxygen atoms in total. The Morgan fingerprint density at radius 2 is 2.00 bits per heavy atom. The number of rotatable bonds is 5. The molecule has 0 aromatic carbocycles. The molecule has 4 heteroatoms. The van der Waals surface area contributed by atoms with Gasteiger partial charge in [0.2, 0.25) is 0 Å². The van der Waals surface area contributed by atoms with Gasteiger partial charge in [0.15, 0.2) is 0 Å². The first-order valence-electron chi connectivity index (χ1n) is 6.40. The Morgan fingerprint density at radius 1 is 1.29 bits per heavy atom. The van der Waals surface area contributed by atoms with Crippen molar-refractivity contribution in [2.75, 3.05) is 37.3 Å². The molecule has 1 unspecified atom stereocenters. The Hall–Kier alpha value is -1.29. The lowest BCUT2D eigenvalue weighted by atomic mass is 10.3. The lowest BCUT2D eigenvalue weighted by Crippen LogP contribution is -2.35. The molecule has 17 heavy (non-hydrogen) atoms. The Bertz CT molecular complexity index is 347. The summed E-state index contributed by atoms with van der Waals surface area (Å²) in [6.07, 6.45) is 6.40. The molecular weight excluding hydrogens is 212 g/mol.